The van der Waals surface area contributed by atoms with Crippen LogP contribution in [0.4, 0.5) is 0 Å². The van der Waals surface area contributed by atoms with E-state index in [1.807, 2.05) is 0 Å². The highest BCUT2D eigenvalue weighted by atomic mass is 32.2. The summed E-state index contributed by atoms with van der Waals surface area (Å²) in [4.78, 5) is 2.34. The molecule has 1 fully saturated rings. The lowest BCUT2D eigenvalue weighted by Crippen LogP contribution is -2.41. The molecule has 3 nitrogen and oxygen atoms in total. The fourth-order valence-electron chi connectivity index (χ4n) is 2.10. The monoisotopic (exact) mass is 219 g/mol. The largest absolute Gasteiger partial charge is 0.299 e. The molecule has 1 atom stereocenters. The Morgan fingerprint density at radius 1 is 1.36 bits per heavy atom. The second-order valence-corrected chi connectivity index (χ2v) is 6.48. The summed E-state index contributed by atoms with van der Waals surface area (Å²) in [6.07, 6.45) is 6.22. The number of hydrogen-bond donors (Lipinski definition) is 0. The molecule has 1 aliphatic rings. The van der Waals surface area contributed by atoms with Crippen molar-refractivity contribution in [1.29, 1.82) is 0 Å². The van der Waals surface area contributed by atoms with E-state index in [4.69, 9.17) is 0 Å². The molecule has 14 heavy (non-hydrogen) atoms. The number of piperidine rings is 1. The van der Waals surface area contributed by atoms with Gasteiger partial charge in [-0.05, 0) is 25.8 Å². The van der Waals surface area contributed by atoms with Crippen molar-refractivity contribution in [2.75, 3.05) is 25.1 Å². The standard InChI is InChI=1S/C10H21NO2S/c1-3-10-6-4-5-7-11(10)8-9-14(2,12)13/h10H,3-9H2,1-2H3. The number of nitrogens with zero attached hydrogens (tertiary/aromatic N) is 1. The van der Waals surface area contributed by atoms with Gasteiger partial charge in [0.2, 0.25) is 0 Å². The van der Waals surface area contributed by atoms with E-state index in [1.54, 1.807) is 0 Å². The fraction of sp³-hybridized carbons (Fsp3) is 1.00. The first-order valence-electron chi connectivity index (χ1n) is 5.44. The van der Waals surface area contributed by atoms with Crippen molar-refractivity contribution in [2.45, 2.75) is 38.6 Å². The predicted octanol–water partition coefficient (Wildman–Crippen LogP) is 1.30. The molecule has 1 saturated heterocycles. The number of sulfone groups is 1. The summed E-state index contributed by atoms with van der Waals surface area (Å²) in [6, 6.07) is 0.616. The minimum Gasteiger partial charge on any atom is -0.299 e. The zero-order valence-electron chi connectivity index (χ0n) is 9.20. The quantitative estimate of drug-likeness (QED) is 0.715. The van der Waals surface area contributed by atoms with Gasteiger partial charge < -0.3 is 0 Å². The van der Waals surface area contributed by atoms with Crippen LogP contribution in [0.3, 0.4) is 0 Å². The zero-order valence-corrected chi connectivity index (χ0v) is 10.0. The average Bonchev–Trinajstić information content (AvgIpc) is 2.14. The van der Waals surface area contributed by atoms with Crippen LogP contribution >= 0.6 is 0 Å². The Balaban J connectivity index is 2.41. The highest BCUT2D eigenvalue weighted by Crippen LogP contribution is 2.18. The van der Waals surface area contributed by atoms with Gasteiger partial charge in [-0.3, -0.25) is 4.90 Å². The molecule has 0 aromatic carbocycles. The Hall–Kier alpha value is -0.0900. The number of rotatable bonds is 4. The molecule has 0 spiro atoms. The maximum absolute atomic E-state index is 11.0. The SMILES string of the molecule is CCC1CCCCN1CCS(C)(=O)=O. The van der Waals surface area contributed by atoms with Crippen LogP contribution in [-0.2, 0) is 9.84 Å². The minimum absolute atomic E-state index is 0.309. The van der Waals surface area contributed by atoms with E-state index in [-0.39, 0.29) is 0 Å². The second kappa shape index (κ2) is 5.12. The zero-order chi connectivity index (χ0) is 10.6. The Labute approximate surface area is 87.4 Å². The van der Waals surface area contributed by atoms with E-state index >= 15 is 0 Å². The lowest BCUT2D eigenvalue weighted by atomic mass is 10.0. The van der Waals surface area contributed by atoms with E-state index in [0.717, 1.165) is 19.5 Å². The molecule has 1 aliphatic heterocycles. The molecule has 1 rings (SSSR count). The third-order valence-corrected chi connectivity index (χ3v) is 3.89. The third-order valence-electron chi connectivity index (χ3n) is 2.97. The number of likely N-dealkylation sites (tertiary alicyclic amines) is 1. The molecule has 0 radical (unpaired) electrons. The lowest BCUT2D eigenvalue weighted by molar-refractivity contribution is 0.153. The maximum Gasteiger partial charge on any atom is 0.148 e. The summed E-state index contributed by atoms with van der Waals surface area (Å²) in [6.45, 7) is 3.98. The molecular formula is C10H21NO2S. The first-order chi connectivity index (χ1) is 6.53. The highest BCUT2D eigenvalue weighted by molar-refractivity contribution is 7.90. The molecule has 0 aliphatic carbocycles. The smallest absolute Gasteiger partial charge is 0.148 e. The molecule has 0 amide bonds. The molecule has 4 heteroatoms. The molecule has 84 valence electrons. The van der Waals surface area contributed by atoms with Gasteiger partial charge in [0, 0.05) is 18.8 Å². The molecule has 0 saturated carbocycles. The maximum atomic E-state index is 11.0. The number of hydrogen-bond acceptors (Lipinski definition) is 3. The van der Waals surface area contributed by atoms with Crippen molar-refractivity contribution in [1.82, 2.24) is 4.90 Å². The highest BCUT2D eigenvalue weighted by Gasteiger charge is 2.21. The summed E-state index contributed by atoms with van der Waals surface area (Å²) in [7, 11) is -2.80. The summed E-state index contributed by atoms with van der Waals surface area (Å²) in [5, 5.41) is 0. The molecule has 0 N–H and O–H groups in total. The van der Waals surface area contributed by atoms with Crippen molar-refractivity contribution in [3.8, 4) is 0 Å². The van der Waals surface area contributed by atoms with Crippen LogP contribution in [0.2, 0.25) is 0 Å². The first kappa shape index (κ1) is 12.0. The van der Waals surface area contributed by atoms with Crippen molar-refractivity contribution in [3.05, 3.63) is 0 Å². The van der Waals surface area contributed by atoms with E-state index in [9.17, 15) is 8.42 Å². The molecule has 0 bridgehead atoms. The van der Waals surface area contributed by atoms with Gasteiger partial charge >= 0.3 is 0 Å². The molecule has 0 aromatic heterocycles. The minimum atomic E-state index is -2.80. The topological polar surface area (TPSA) is 37.4 Å². The summed E-state index contributed by atoms with van der Waals surface area (Å²) >= 11 is 0. The van der Waals surface area contributed by atoms with E-state index < -0.39 is 9.84 Å². The third kappa shape index (κ3) is 3.96. The van der Waals surface area contributed by atoms with Crippen LogP contribution in [0.15, 0.2) is 0 Å². The summed E-state index contributed by atoms with van der Waals surface area (Å²) in [5.74, 6) is 0.309. The van der Waals surface area contributed by atoms with Crippen LogP contribution in [0.25, 0.3) is 0 Å². The van der Waals surface area contributed by atoms with Gasteiger partial charge in [0.25, 0.3) is 0 Å². The van der Waals surface area contributed by atoms with E-state index in [2.05, 4.69) is 11.8 Å². The molecule has 1 unspecified atom stereocenters. The molecule has 0 aromatic rings. The lowest BCUT2D eigenvalue weighted by Gasteiger charge is -2.34. The Morgan fingerprint density at radius 3 is 2.64 bits per heavy atom. The van der Waals surface area contributed by atoms with Gasteiger partial charge in [0.1, 0.15) is 9.84 Å². The molecule has 1 heterocycles. The van der Waals surface area contributed by atoms with Crippen LogP contribution in [-0.4, -0.2) is 44.5 Å². The Bertz CT molecular complexity index is 261. The van der Waals surface area contributed by atoms with E-state index in [0.29, 0.717) is 11.8 Å². The van der Waals surface area contributed by atoms with Gasteiger partial charge in [-0.15, -0.1) is 0 Å². The van der Waals surface area contributed by atoms with Crippen molar-refractivity contribution in [2.24, 2.45) is 0 Å². The van der Waals surface area contributed by atoms with Gasteiger partial charge in [-0.2, -0.15) is 0 Å². The van der Waals surface area contributed by atoms with Gasteiger partial charge in [-0.25, -0.2) is 8.42 Å². The van der Waals surface area contributed by atoms with Crippen molar-refractivity contribution < 1.29 is 8.42 Å². The van der Waals surface area contributed by atoms with Crippen LogP contribution in [0.1, 0.15) is 32.6 Å². The summed E-state index contributed by atoms with van der Waals surface area (Å²) in [5.41, 5.74) is 0. The Morgan fingerprint density at radius 2 is 2.07 bits per heavy atom. The average molecular weight is 219 g/mol. The summed E-state index contributed by atoms with van der Waals surface area (Å²) < 4.78 is 22.1. The van der Waals surface area contributed by atoms with E-state index in [1.165, 1.54) is 25.5 Å². The van der Waals surface area contributed by atoms with Crippen LogP contribution in [0.5, 0.6) is 0 Å². The second-order valence-electron chi connectivity index (χ2n) is 4.22. The van der Waals surface area contributed by atoms with Gasteiger partial charge in [-0.1, -0.05) is 13.3 Å². The van der Waals surface area contributed by atoms with Crippen molar-refractivity contribution in [3.63, 3.8) is 0 Å². The van der Waals surface area contributed by atoms with Crippen LogP contribution in [0, 0.1) is 0 Å². The predicted molar refractivity (Wildman–Crippen MR) is 59.2 cm³/mol. The van der Waals surface area contributed by atoms with Crippen molar-refractivity contribution >= 4 is 9.84 Å². The Kier molecular flexibility index (Phi) is 4.38. The van der Waals surface area contributed by atoms with Gasteiger partial charge in [0.05, 0.1) is 5.75 Å². The van der Waals surface area contributed by atoms with Crippen LogP contribution < -0.4 is 0 Å². The van der Waals surface area contributed by atoms with Gasteiger partial charge in [0.15, 0.2) is 0 Å². The fourth-order valence-corrected chi connectivity index (χ4v) is 2.67. The normalized spacial score (nSPS) is 25.1. The first-order valence-corrected chi connectivity index (χ1v) is 7.51. The molecular weight excluding hydrogens is 198 g/mol.